The molecule has 6 heteroatoms. The molecule has 134 valence electrons. The van der Waals surface area contributed by atoms with Crippen molar-refractivity contribution in [1.29, 1.82) is 0 Å². The third-order valence-corrected chi connectivity index (χ3v) is 3.77. The number of aromatic hydroxyl groups is 2. The summed E-state index contributed by atoms with van der Waals surface area (Å²) in [6.07, 6.45) is 0. The molecule has 0 saturated heterocycles. The highest BCUT2D eigenvalue weighted by Crippen LogP contribution is 2.17. The Balaban J connectivity index is 0.00000264. The molecule has 0 aliphatic heterocycles. The van der Waals surface area contributed by atoms with Crippen molar-refractivity contribution >= 4 is 0 Å². The molecule has 0 saturated carbocycles. The Morgan fingerprint density at radius 1 is 0.708 bits per heavy atom. The first-order chi connectivity index (χ1) is 10.6. The molecule has 0 bridgehead atoms. The largest absolute Gasteiger partial charge is 1.00 e. The van der Waals surface area contributed by atoms with Gasteiger partial charge < -0.3 is 45.7 Å². The van der Waals surface area contributed by atoms with Gasteiger partial charge in [0.1, 0.15) is 37.7 Å². The third kappa shape index (κ3) is 6.97. The van der Waals surface area contributed by atoms with Gasteiger partial charge in [0.25, 0.3) is 0 Å². The van der Waals surface area contributed by atoms with Crippen molar-refractivity contribution in [3.63, 3.8) is 0 Å². The second-order valence-electron chi connectivity index (χ2n) is 5.83. The fourth-order valence-corrected chi connectivity index (χ4v) is 2.51. The monoisotopic (exact) mass is 372 g/mol. The number of hydrogen-bond donors (Lipinski definition) is 4. The van der Waals surface area contributed by atoms with Crippen LogP contribution in [0.4, 0.5) is 0 Å². The molecule has 2 aromatic carbocycles. The molecule has 2 rings (SSSR count). The van der Waals surface area contributed by atoms with E-state index < -0.39 is 0 Å². The Bertz CT molecular complexity index is 581. The molecule has 0 unspecified atom stereocenters. The lowest BCUT2D eigenvalue weighted by Crippen LogP contribution is -3.00. The summed E-state index contributed by atoms with van der Waals surface area (Å²) in [5, 5.41) is 24.0. The minimum absolute atomic E-state index is 0. The van der Waals surface area contributed by atoms with Crippen molar-refractivity contribution in [3.05, 3.63) is 58.7 Å². The van der Waals surface area contributed by atoms with E-state index in [9.17, 15) is 10.2 Å². The molecular weight excluding hydrogens is 347 g/mol. The molecule has 24 heavy (non-hydrogen) atoms. The highest BCUT2D eigenvalue weighted by Gasteiger charge is 2.05. The predicted molar refractivity (Wildman–Crippen MR) is 86.7 cm³/mol. The lowest BCUT2D eigenvalue weighted by molar-refractivity contribution is -0.738. The molecule has 0 aromatic heterocycles. The van der Waals surface area contributed by atoms with Crippen molar-refractivity contribution in [2.24, 2.45) is 0 Å². The second-order valence-corrected chi connectivity index (χ2v) is 5.83. The van der Waals surface area contributed by atoms with E-state index in [1.165, 1.54) is 11.1 Å². The van der Waals surface area contributed by atoms with Gasteiger partial charge >= 0.3 is 0 Å². The number of nitrogens with two attached hydrogens (primary N) is 2. The molecular formula is C18H26Cl2N2O2. The average Bonchev–Trinajstić information content (AvgIpc) is 2.49. The molecule has 0 spiro atoms. The quantitative estimate of drug-likeness (QED) is 0.366. The van der Waals surface area contributed by atoms with E-state index in [1.54, 1.807) is 12.1 Å². The van der Waals surface area contributed by atoms with Crippen molar-refractivity contribution in [3.8, 4) is 11.5 Å². The van der Waals surface area contributed by atoms with Crippen LogP contribution in [-0.4, -0.2) is 23.3 Å². The first-order valence-electron chi connectivity index (χ1n) is 7.76. The van der Waals surface area contributed by atoms with Crippen molar-refractivity contribution in [2.45, 2.75) is 26.9 Å². The van der Waals surface area contributed by atoms with E-state index in [0.29, 0.717) is 11.5 Å². The number of benzene rings is 2. The van der Waals surface area contributed by atoms with Crippen LogP contribution in [0.15, 0.2) is 36.4 Å². The van der Waals surface area contributed by atoms with Gasteiger partial charge in [-0.1, -0.05) is 23.3 Å². The zero-order valence-electron chi connectivity index (χ0n) is 14.1. The van der Waals surface area contributed by atoms with E-state index >= 15 is 0 Å². The summed E-state index contributed by atoms with van der Waals surface area (Å²) in [7, 11) is 0. The van der Waals surface area contributed by atoms with Gasteiger partial charge in [-0.05, 0) is 38.1 Å². The Kier molecular flexibility index (Phi) is 10.5. The number of quaternary nitrogens is 2. The SMILES string of the molecule is Cc1ccc(O)c(C[NH2+]CC[NH2+]Cc2cc(C)ccc2O)c1.[Cl-].[Cl-]. The van der Waals surface area contributed by atoms with E-state index in [-0.39, 0.29) is 24.8 Å². The van der Waals surface area contributed by atoms with Gasteiger partial charge in [0, 0.05) is 11.1 Å². The van der Waals surface area contributed by atoms with Crippen LogP contribution in [-0.2, 0) is 13.1 Å². The summed E-state index contributed by atoms with van der Waals surface area (Å²) >= 11 is 0. The minimum atomic E-state index is 0. The summed E-state index contributed by atoms with van der Waals surface area (Å²) in [5.74, 6) is 0.742. The standard InChI is InChI=1S/C18H24N2O2.2ClH/c1-13-3-5-17(21)15(9-13)11-19-7-8-20-12-16-10-14(2)4-6-18(16)22;;/h3-6,9-10,19-22H,7-8,11-12H2,1-2H3;2*1H. The molecule has 6 N–H and O–H groups in total. The van der Waals surface area contributed by atoms with Gasteiger partial charge in [0.05, 0.1) is 0 Å². The zero-order valence-corrected chi connectivity index (χ0v) is 15.6. The van der Waals surface area contributed by atoms with Gasteiger partial charge in [-0.25, -0.2) is 0 Å². The van der Waals surface area contributed by atoms with Crippen LogP contribution in [0.25, 0.3) is 0 Å². The lowest BCUT2D eigenvalue weighted by atomic mass is 10.1. The second kappa shape index (κ2) is 11.2. The fourth-order valence-electron chi connectivity index (χ4n) is 2.51. The number of rotatable bonds is 7. The molecule has 0 amide bonds. The minimum Gasteiger partial charge on any atom is -1.00 e. The maximum absolute atomic E-state index is 9.79. The normalized spacial score (nSPS) is 9.92. The molecule has 0 radical (unpaired) electrons. The Labute approximate surface area is 156 Å². The smallest absolute Gasteiger partial charge is 0.125 e. The van der Waals surface area contributed by atoms with E-state index in [1.807, 2.05) is 38.1 Å². The van der Waals surface area contributed by atoms with Gasteiger partial charge in [-0.15, -0.1) is 0 Å². The first kappa shape index (κ1) is 22.5. The zero-order chi connectivity index (χ0) is 15.9. The number of phenols is 2. The maximum Gasteiger partial charge on any atom is 0.125 e. The summed E-state index contributed by atoms with van der Waals surface area (Å²) in [6, 6.07) is 11.4. The Morgan fingerprint density at radius 2 is 1.08 bits per heavy atom. The predicted octanol–water partition coefficient (Wildman–Crippen LogP) is -5.45. The number of phenolic OH excluding ortho intramolecular Hbond substituents is 2. The molecule has 0 heterocycles. The van der Waals surface area contributed by atoms with E-state index in [0.717, 1.165) is 37.3 Å². The molecule has 0 atom stereocenters. The average molecular weight is 373 g/mol. The van der Waals surface area contributed by atoms with Crippen molar-refractivity contribution in [2.75, 3.05) is 13.1 Å². The highest BCUT2D eigenvalue weighted by atomic mass is 35.5. The van der Waals surface area contributed by atoms with E-state index in [2.05, 4.69) is 10.6 Å². The third-order valence-electron chi connectivity index (χ3n) is 3.77. The van der Waals surface area contributed by atoms with Crippen LogP contribution in [0.1, 0.15) is 22.3 Å². The van der Waals surface area contributed by atoms with Crippen molar-refractivity contribution < 1.29 is 45.7 Å². The fraction of sp³-hybridized carbons (Fsp3) is 0.333. The number of hydrogen-bond acceptors (Lipinski definition) is 2. The number of halogens is 2. The Morgan fingerprint density at radius 3 is 1.46 bits per heavy atom. The van der Waals surface area contributed by atoms with Crippen LogP contribution >= 0.6 is 0 Å². The topological polar surface area (TPSA) is 73.7 Å². The summed E-state index contributed by atoms with van der Waals surface area (Å²) in [6.45, 7) is 7.59. The maximum atomic E-state index is 9.79. The van der Waals surface area contributed by atoms with E-state index in [4.69, 9.17) is 0 Å². The van der Waals surface area contributed by atoms with Crippen LogP contribution in [0.3, 0.4) is 0 Å². The lowest BCUT2D eigenvalue weighted by Gasteiger charge is -2.06. The Hall–Kier alpha value is -1.46. The molecule has 2 aromatic rings. The van der Waals surface area contributed by atoms with Crippen LogP contribution < -0.4 is 35.4 Å². The molecule has 0 aliphatic rings. The summed E-state index contributed by atoms with van der Waals surface area (Å²) in [5.41, 5.74) is 4.30. The van der Waals surface area contributed by atoms with Crippen LogP contribution in [0.2, 0.25) is 0 Å². The van der Waals surface area contributed by atoms with Gasteiger partial charge in [0.2, 0.25) is 0 Å². The van der Waals surface area contributed by atoms with Gasteiger partial charge in [-0.3, -0.25) is 0 Å². The molecule has 0 aliphatic carbocycles. The van der Waals surface area contributed by atoms with Gasteiger partial charge in [0.15, 0.2) is 0 Å². The summed E-state index contributed by atoms with van der Waals surface area (Å²) < 4.78 is 0. The van der Waals surface area contributed by atoms with Gasteiger partial charge in [-0.2, -0.15) is 0 Å². The van der Waals surface area contributed by atoms with Crippen LogP contribution in [0, 0.1) is 13.8 Å². The highest BCUT2D eigenvalue weighted by molar-refractivity contribution is 5.35. The first-order valence-corrected chi connectivity index (χ1v) is 7.76. The van der Waals surface area contributed by atoms with Crippen LogP contribution in [0.5, 0.6) is 11.5 Å². The van der Waals surface area contributed by atoms with Crippen molar-refractivity contribution in [1.82, 2.24) is 0 Å². The summed E-state index contributed by atoms with van der Waals surface area (Å²) in [4.78, 5) is 0. The number of aryl methyl sites for hydroxylation is 2. The molecule has 4 nitrogen and oxygen atoms in total. The molecule has 0 fully saturated rings.